The van der Waals surface area contributed by atoms with Crippen LogP contribution in [0.2, 0.25) is 38.3 Å². The molecule has 0 saturated carbocycles. The van der Waals surface area contributed by atoms with E-state index in [2.05, 4.69) is 115 Å². The van der Waals surface area contributed by atoms with E-state index in [0.717, 1.165) is 12.8 Å². The van der Waals surface area contributed by atoms with Crippen LogP contribution >= 0.6 is 0 Å². The van der Waals surface area contributed by atoms with Crippen molar-refractivity contribution in [1.29, 1.82) is 0 Å². The lowest BCUT2D eigenvalue weighted by molar-refractivity contribution is -0.755. The van der Waals surface area contributed by atoms with E-state index in [9.17, 15) is 0 Å². The highest BCUT2D eigenvalue weighted by molar-refractivity contribution is 7.03. The number of pyridine rings is 1. The maximum absolute atomic E-state index is 4.47. The molecule has 0 bridgehead atoms. The summed E-state index contributed by atoms with van der Waals surface area (Å²) in [6, 6.07) is 15.4. The fourth-order valence-corrected chi connectivity index (χ4v) is 18.1. The van der Waals surface area contributed by atoms with E-state index in [1.165, 1.54) is 50.8 Å². The second-order valence-corrected chi connectivity index (χ2v) is 22.6. The predicted octanol–water partition coefficient (Wildman–Crippen LogP) is 7.23. The summed E-state index contributed by atoms with van der Waals surface area (Å²) in [5, 5.41) is 6.33. The van der Waals surface area contributed by atoms with Crippen LogP contribution in [-0.2, 0) is 11.0 Å². The lowest BCUT2D eigenvalue weighted by atomic mass is 9.58. The molecule has 5 rings (SSSR count). The Morgan fingerprint density at radius 2 is 1.57 bits per heavy atom. The van der Waals surface area contributed by atoms with Gasteiger partial charge in [-0.15, -0.1) is 0 Å². The van der Waals surface area contributed by atoms with Crippen LogP contribution in [0.3, 0.4) is 0 Å². The molecule has 1 nitrogen and oxygen atoms in total. The molecule has 2 aliphatic heterocycles. The number of rotatable bonds is 3. The SMILES string of the molecule is C=CC1(CC)[n+]2ccc3cc4c(cc3c2-c2cc(C)cc(C)c2C1(C)CC)[Si](C)(C)CC[Si]4(C)C. The zero-order valence-corrected chi connectivity index (χ0v) is 25.5. The molecule has 3 aromatic rings. The molecule has 0 amide bonds. The summed E-state index contributed by atoms with van der Waals surface area (Å²) in [7, 11) is -2.86. The number of aryl methyl sites for hydroxylation is 2. The molecule has 184 valence electrons. The van der Waals surface area contributed by atoms with Gasteiger partial charge < -0.3 is 0 Å². The average molecular weight is 499 g/mol. The Kier molecular flexibility index (Phi) is 5.48. The molecular formula is C32H44NSi2+. The van der Waals surface area contributed by atoms with Crippen molar-refractivity contribution in [2.24, 2.45) is 0 Å². The number of hydrogen-bond donors (Lipinski definition) is 0. The summed E-state index contributed by atoms with van der Waals surface area (Å²) in [6.07, 6.45) is 6.77. The van der Waals surface area contributed by atoms with Gasteiger partial charge in [0.25, 0.3) is 0 Å². The molecule has 35 heavy (non-hydrogen) atoms. The summed E-state index contributed by atoms with van der Waals surface area (Å²) in [5.41, 5.74) is 6.99. The third-order valence-corrected chi connectivity index (χ3v) is 17.7. The highest BCUT2D eigenvalue weighted by atomic mass is 28.3. The molecule has 0 fully saturated rings. The second kappa shape index (κ2) is 7.76. The summed E-state index contributed by atoms with van der Waals surface area (Å²) >= 11 is 0. The second-order valence-electron chi connectivity index (χ2n) is 13.0. The van der Waals surface area contributed by atoms with E-state index in [-0.39, 0.29) is 11.0 Å². The standard InChI is InChI=1S/C32H44NSi2/c1-11-31(6)29-23(5)18-22(4)19-26(29)30-25-21-28-27(34(7,8)16-17-35(28,9)10)20-24(25)14-15-33(30)32(31,12-2)13-3/h12,14-15,18-21H,2,11,13,16-17H2,1,3-10H3/q+1. The number of fused-ring (bicyclic) bond motifs is 6. The maximum atomic E-state index is 4.47. The molecule has 3 heterocycles. The van der Waals surface area contributed by atoms with Crippen molar-refractivity contribution in [1.82, 2.24) is 0 Å². The third kappa shape index (κ3) is 3.13. The molecule has 3 heteroatoms. The highest BCUT2D eigenvalue weighted by Gasteiger charge is 2.58. The van der Waals surface area contributed by atoms with Crippen LogP contribution in [0.4, 0.5) is 0 Å². The molecule has 2 atom stereocenters. The van der Waals surface area contributed by atoms with Gasteiger partial charge in [0.2, 0.25) is 5.69 Å². The van der Waals surface area contributed by atoms with Crippen molar-refractivity contribution in [3.8, 4) is 11.3 Å². The third-order valence-electron chi connectivity index (χ3n) is 10.2. The van der Waals surface area contributed by atoms with E-state index in [1.54, 1.807) is 10.4 Å². The first-order chi connectivity index (χ1) is 16.4. The zero-order valence-electron chi connectivity index (χ0n) is 23.5. The van der Waals surface area contributed by atoms with Crippen LogP contribution in [0.25, 0.3) is 22.0 Å². The first-order valence-corrected chi connectivity index (χ1v) is 20.1. The molecule has 0 N–H and O–H groups in total. The molecule has 2 unspecified atom stereocenters. The van der Waals surface area contributed by atoms with Gasteiger partial charge in [0.1, 0.15) is 0 Å². The van der Waals surface area contributed by atoms with Crippen molar-refractivity contribution in [2.45, 2.75) is 96.7 Å². The Hall–Kier alpha value is -1.98. The van der Waals surface area contributed by atoms with Gasteiger partial charge in [-0.05, 0) is 61.9 Å². The van der Waals surface area contributed by atoms with Crippen LogP contribution in [0.15, 0.2) is 49.2 Å². The number of benzene rings is 2. The molecule has 0 radical (unpaired) electrons. The predicted molar refractivity (Wildman–Crippen MR) is 159 cm³/mol. The molecule has 0 spiro atoms. The van der Waals surface area contributed by atoms with Gasteiger partial charge in [-0.25, -0.2) is 0 Å². The van der Waals surface area contributed by atoms with Crippen molar-refractivity contribution in [3.63, 3.8) is 0 Å². The van der Waals surface area contributed by atoms with E-state index in [4.69, 9.17) is 0 Å². The molecule has 2 aliphatic rings. The van der Waals surface area contributed by atoms with E-state index in [0.29, 0.717) is 0 Å². The van der Waals surface area contributed by atoms with Crippen LogP contribution in [0.5, 0.6) is 0 Å². The van der Waals surface area contributed by atoms with Gasteiger partial charge in [0, 0.05) is 12.5 Å². The van der Waals surface area contributed by atoms with Gasteiger partial charge in [0.15, 0.2) is 11.7 Å². The van der Waals surface area contributed by atoms with Gasteiger partial charge in [-0.2, -0.15) is 4.57 Å². The molecule has 1 aromatic heterocycles. The van der Waals surface area contributed by atoms with Crippen molar-refractivity contribution < 1.29 is 4.57 Å². The van der Waals surface area contributed by atoms with Gasteiger partial charge in [-0.3, -0.25) is 0 Å². The summed E-state index contributed by atoms with van der Waals surface area (Å²) in [6.45, 7) is 26.6. The van der Waals surface area contributed by atoms with E-state index in [1.807, 2.05) is 0 Å². The highest BCUT2D eigenvalue weighted by Crippen LogP contribution is 2.52. The summed E-state index contributed by atoms with van der Waals surface area (Å²) in [5.74, 6) is 0. The van der Waals surface area contributed by atoms with Crippen LogP contribution in [-0.4, -0.2) is 16.1 Å². The van der Waals surface area contributed by atoms with E-state index < -0.39 is 16.1 Å². The molecule has 0 aliphatic carbocycles. The van der Waals surface area contributed by atoms with Crippen molar-refractivity contribution in [3.05, 3.63) is 65.9 Å². The van der Waals surface area contributed by atoms with Crippen molar-refractivity contribution in [2.75, 3.05) is 0 Å². The first kappa shape index (κ1) is 24.7. The van der Waals surface area contributed by atoms with Crippen LogP contribution in [0.1, 0.15) is 50.3 Å². The first-order valence-electron chi connectivity index (χ1n) is 13.7. The lowest BCUT2D eigenvalue weighted by Crippen LogP contribution is -2.68. The van der Waals surface area contributed by atoms with Crippen LogP contribution < -0.4 is 14.9 Å². The minimum Gasteiger partial charge on any atom is -0.188 e. The van der Waals surface area contributed by atoms with Crippen LogP contribution in [0, 0.1) is 13.8 Å². The van der Waals surface area contributed by atoms with E-state index >= 15 is 0 Å². The monoisotopic (exact) mass is 498 g/mol. The molecule has 0 saturated heterocycles. The Balaban J connectivity index is 2.00. The molecular weight excluding hydrogens is 455 g/mol. The maximum Gasteiger partial charge on any atom is 0.221 e. The Labute approximate surface area is 215 Å². The fourth-order valence-electron chi connectivity index (χ4n) is 7.82. The minimum absolute atomic E-state index is 0.0148. The number of allylic oxidation sites excluding steroid dienone is 1. The van der Waals surface area contributed by atoms with Gasteiger partial charge >= 0.3 is 0 Å². The van der Waals surface area contributed by atoms with Gasteiger partial charge in [-0.1, -0.05) is 86.8 Å². The number of nitrogens with zero attached hydrogens (tertiary/aromatic N) is 1. The topological polar surface area (TPSA) is 3.88 Å². The lowest BCUT2D eigenvalue weighted by Gasteiger charge is -2.47. The Morgan fingerprint density at radius 3 is 2.14 bits per heavy atom. The minimum atomic E-state index is -1.46. The number of hydrogen-bond acceptors (Lipinski definition) is 0. The quantitative estimate of drug-likeness (QED) is 0.204. The summed E-state index contributed by atoms with van der Waals surface area (Å²) < 4.78 is 2.62. The normalized spacial score (nSPS) is 26.1. The Bertz CT molecular complexity index is 1380. The van der Waals surface area contributed by atoms with Gasteiger partial charge in [0.05, 0.1) is 32.5 Å². The Morgan fingerprint density at radius 1 is 0.943 bits per heavy atom. The fraction of sp³-hybridized carbons (Fsp3) is 0.469. The smallest absolute Gasteiger partial charge is 0.188 e. The van der Waals surface area contributed by atoms with Crippen molar-refractivity contribution >= 4 is 37.3 Å². The largest absolute Gasteiger partial charge is 0.221 e. The molecule has 2 aromatic carbocycles. The summed E-state index contributed by atoms with van der Waals surface area (Å²) in [4.78, 5) is 0. The zero-order chi connectivity index (χ0) is 25.6. The number of aromatic nitrogens is 1. The average Bonchev–Trinajstić information content (AvgIpc) is 2.81.